The molecule has 1 aromatic heterocycles. The number of ether oxygens (including phenoxy) is 1. The summed E-state index contributed by atoms with van der Waals surface area (Å²) in [5, 5.41) is 16.8. The summed E-state index contributed by atoms with van der Waals surface area (Å²) in [4.78, 5) is 30.8. The molecule has 2 amide bonds. The van der Waals surface area contributed by atoms with Gasteiger partial charge in [0.2, 0.25) is 5.91 Å². The number of unbranched alkanes of at least 4 members (excludes halogenated alkanes) is 2. The number of carbonyl (C=O) groups is 2. The van der Waals surface area contributed by atoms with Crippen LogP contribution in [0, 0.1) is 0 Å². The van der Waals surface area contributed by atoms with Crippen molar-refractivity contribution in [2.45, 2.75) is 25.7 Å². The van der Waals surface area contributed by atoms with Crippen LogP contribution in [0.4, 0.5) is 11.5 Å². The standard InChI is InChI=1S/C28H35N5O4/c1-33(2)18-17-29-26-16-15-23(19-30-26)31-28(35)22(10-4-3-5-14-27(34)32-36)20-37-25-13-8-11-21-9-6-7-12-24(21)25/h6-13,15-16,19,36H,3-5,14,17-18,20H2,1-2H3,(H,29,30)(H,31,35)(H,32,34). The number of hydroxylamine groups is 1. The lowest BCUT2D eigenvalue weighted by atomic mass is 10.1. The number of hydrogen-bond donors (Lipinski definition) is 4. The van der Waals surface area contributed by atoms with Gasteiger partial charge in [0.1, 0.15) is 18.2 Å². The molecule has 196 valence electrons. The first-order valence-electron chi connectivity index (χ1n) is 12.3. The number of carbonyl (C=O) groups excluding carboxylic acids is 2. The second-order valence-electron chi connectivity index (χ2n) is 8.89. The van der Waals surface area contributed by atoms with Gasteiger partial charge in [-0.2, -0.15) is 0 Å². The van der Waals surface area contributed by atoms with E-state index < -0.39 is 5.91 Å². The van der Waals surface area contributed by atoms with Crippen molar-refractivity contribution in [1.29, 1.82) is 0 Å². The van der Waals surface area contributed by atoms with E-state index >= 15 is 0 Å². The smallest absolute Gasteiger partial charge is 0.254 e. The Morgan fingerprint density at radius 3 is 2.62 bits per heavy atom. The molecule has 3 aromatic rings. The molecule has 9 nitrogen and oxygen atoms in total. The number of allylic oxidation sites excluding steroid dienone is 1. The molecule has 0 spiro atoms. The summed E-state index contributed by atoms with van der Waals surface area (Å²) in [6.45, 7) is 1.74. The summed E-state index contributed by atoms with van der Waals surface area (Å²) in [5.74, 6) is 0.741. The van der Waals surface area contributed by atoms with Crippen molar-refractivity contribution in [3.8, 4) is 5.75 Å². The molecule has 0 aliphatic rings. The van der Waals surface area contributed by atoms with Gasteiger partial charge in [-0.3, -0.25) is 14.8 Å². The van der Waals surface area contributed by atoms with Crippen molar-refractivity contribution in [2.24, 2.45) is 0 Å². The Morgan fingerprint density at radius 2 is 1.86 bits per heavy atom. The van der Waals surface area contributed by atoms with E-state index in [9.17, 15) is 9.59 Å². The lowest BCUT2D eigenvalue weighted by molar-refractivity contribution is -0.129. The number of aromatic nitrogens is 1. The van der Waals surface area contributed by atoms with Gasteiger partial charge in [0.25, 0.3) is 5.91 Å². The number of pyridine rings is 1. The van der Waals surface area contributed by atoms with Gasteiger partial charge in [-0.05, 0) is 56.9 Å². The summed E-state index contributed by atoms with van der Waals surface area (Å²) >= 11 is 0. The molecule has 0 aliphatic carbocycles. The molecule has 3 rings (SSSR count). The molecule has 0 radical (unpaired) electrons. The van der Waals surface area contributed by atoms with Gasteiger partial charge in [0.15, 0.2) is 0 Å². The molecule has 0 unspecified atom stereocenters. The molecule has 0 fully saturated rings. The molecular weight excluding hydrogens is 470 g/mol. The van der Waals surface area contributed by atoms with Gasteiger partial charge in [-0.15, -0.1) is 0 Å². The highest BCUT2D eigenvalue weighted by atomic mass is 16.5. The van der Waals surface area contributed by atoms with Crippen molar-refractivity contribution >= 4 is 34.1 Å². The van der Waals surface area contributed by atoms with Gasteiger partial charge < -0.3 is 20.3 Å². The Morgan fingerprint density at radius 1 is 1.05 bits per heavy atom. The zero-order chi connectivity index (χ0) is 26.5. The maximum Gasteiger partial charge on any atom is 0.254 e. The van der Waals surface area contributed by atoms with Crippen LogP contribution in [0.2, 0.25) is 0 Å². The topological polar surface area (TPSA) is 116 Å². The van der Waals surface area contributed by atoms with Crippen LogP contribution in [-0.4, -0.2) is 60.7 Å². The van der Waals surface area contributed by atoms with Crippen molar-refractivity contribution < 1.29 is 19.5 Å². The average Bonchev–Trinajstić information content (AvgIpc) is 2.90. The first kappa shape index (κ1) is 27.6. The third-order valence-corrected chi connectivity index (χ3v) is 5.68. The lowest BCUT2D eigenvalue weighted by Gasteiger charge is -2.13. The van der Waals surface area contributed by atoms with Crippen LogP contribution in [0.25, 0.3) is 10.8 Å². The molecule has 0 atom stereocenters. The normalized spacial score (nSPS) is 11.4. The highest BCUT2D eigenvalue weighted by Crippen LogP contribution is 2.25. The van der Waals surface area contributed by atoms with Crippen LogP contribution in [0.15, 0.2) is 72.4 Å². The van der Waals surface area contributed by atoms with Crippen molar-refractivity contribution in [2.75, 3.05) is 44.4 Å². The predicted molar refractivity (Wildman–Crippen MR) is 146 cm³/mol. The van der Waals surface area contributed by atoms with Gasteiger partial charge in [0, 0.05) is 24.9 Å². The molecule has 4 N–H and O–H groups in total. The van der Waals surface area contributed by atoms with E-state index in [2.05, 4.69) is 20.5 Å². The molecule has 2 aromatic carbocycles. The van der Waals surface area contributed by atoms with E-state index in [0.29, 0.717) is 36.3 Å². The number of likely N-dealkylation sites (N-methyl/N-ethyl adjacent to an activating group) is 1. The fraction of sp³-hybridized carbons (Fsp3) is 0.321. The number of amides is 2. The number of rotatable bonds is 14. The molecule has 0 aliphatic heterocycles. The van der Waals surface area contributed by atoms with E-state index in [1.807, 2.05) is 68.7 Å². The van der Waals surface area contributed by atoms with E-state index in [1.165, 1.54) is 0 Å². The quantitative estimate of drug-likeness (QED) is 0.112. The minimum absolute atomic E-state index is 0.0918. The van der Waals surface area contributed by atoms with Crippen LogP contribution in [-0.2, 0) is 9.59 Å². The first-order valence-corrected chi connectivity index (χ1v) is 12.3. The highest BCUT2D eigenvalue weighted by molar-refractivity contribution is 6.04. The third-order valence-electron chi connectivity index (χ3n) is 5.68. The Bertz CT molecular complexity index is 1190. The monoisotopic (exact) mass is 505 g/mol. The SMILES string of the molecule is CN(C)CCNc1ccc(NC(=O)C(=CCCCCC(=O)NO)COc2cccc3ccccc23)cn1. The Hall–Kier alpha value is -3.95. The van der Waals surface area contributed by atoms with Gasteiger partial charge >= 0.3 is 0 Å². The van der Waals surface area contributed by atoms with Crippen LogP contribution in [0.5, 0.6) is 5.75 Å². The molecule has 0 bridgehead atoms. The number of nitrogens with one attached hydrogen (secondary N) is 3. The van der Waals surface area contributed by atoms with Crippen LogP contribution < -0.4 is 20.9 Å². The average molecular weight is 506 g/mol. The second kappa shape index (κ2) is 14.6. The van der Waals surface area contributed by atoms with Crippen molar-refractivity contribution in [3.05, 3.63) is 72.4 Å². The Labute approximate surface area is 217 Å². The summed E-state index contributed by atoms with van der Waals surface area (Å²) in [5.41, 5.74) is 2.69. The van der Waals surface area contributed by atoms with Crippen LogP contribution >= 0.6 is 0 Å². The van der Waals surface area contributed by atoms with Crippen LogP contribution in [0.1, 0.15) is 25.7 Å². The molecular formula is C28H35N5O4. The van der Waals surface area contributed by atoms with Gasteiger partial charge in [-0.1, -0.05) is 42.5 Å². The fourth-order valence-electron chi connectivity index (χ4n) is 3.65. The summed E-state index contributed by atoms with van der Waals surface area (Å²) in [7, 11) is 4.02. The van der Waals surface area contributed by atoms with Crippen molar-refractivity contribution in [1.82, 2.24) is 15.4 Å². The molecule has 1 heterocycles. The second-order valence-corrected chi connectivity index (χ2v) is 8.89. The number of hydrogen-bond acceptors (Lipinski definition) is 7. The molecule has 0 saturated carbocycles. The minimum Gasteiger partial charge on any atom is -0.488 e. The summed E-state index contributed by atoms with van der Waals surface area (Å²) in [6, 6.07) is 17.4. The summed E-state index contributed by atoms with van der Waals surface area (Å²) < 4.78 is 6.08. The number of benzene rings is 2. The van der Waals surface area contributed by atoms with Gasteiger partial charge in [-0.25, -0.2) is 10.5 Å². The Balaban J connectivity index is 1.65. The molecule has 9 heteroatoms. The first-order chi connectivity index (χ1) is 18.0. The number of anilines is 2. The van der Waals surface area contributed by atoms with Crippen molar-refractivity contribution in [3.63, 3.8) is 0 Å². The molecule has 0 saturated heterocycles. The fourth-order valence-corrected chi connectivity index (χ4v) is 3.65. The minimum atomic E-state index is -0.423. The maximum absolute atomic E-state index is 13.1. The lowest BCUT2D eigenvalue weighted by Crippen LogP contribution is -2.21. The maximum atomic E-state index is 13.1. The van der Waals surface area contributed by atoms with Crippen LogP contribution in [0.3, 0.4) is 0 Å². The van der Waals surface area contributed by atoms with E-state index in [-0.39, 0.29) is 18.9 Å². The van der Waals surface area contributed by atoms with E-state index in [1.54, 1.807) is 17.7 Å². The highest BCUT2D eigenvalue weighted by Gasteiger charge is 2.13. The van der Waals surface area contributed by atoms with E-state index in [4.69, 9.17) is 9.94 Å². The third kappa shape index (κ3) is 9.21. The zero-order valence-electron chi connectivity index (χ0n) is 21.4. The predicted octanol–water partition coefficient (Wildman–Crippen LogP) is 4.22. The number of fused-ring (bicyclic) bond motifs is 1. The Kier molecular flexibility index (Phi) is 10.9. The van der Waals surface area contributed by atoms with E-state index in [0.717, 1.165) is 29.7 Å². The van der Waals surface area contributed by atoms with Gasteiger partial charge in [0.05, 0.1) is 17.5 Å². The summed E-state index contributed by atoms with van der Waals surface area (Å²) in [6.07, 6.45) is 5.54. The molecule has 37 heavy (non-hydrogen) atoms. The largest absolute Gasteiger partial charge is 0.488 e. The zero-order valence-corrected chi connectivity index (χ0v) is 21.4. The number of nitrogens with zero attached hydrogens (tertiary/aromatic N) is 2.